The van der Waals surface area contributed by atoms with E-state index >= 15 is 0 Å². The van der Waals surface area contributed by atoms with Crippen molar-refractivity contribution in [2.24, 2.45) is 0 Å². The van der Waals surface area contributed by atoms with E-state index < -0.39 is 0 Å². The molecule has 0 spiro atoms. The molecule has 0 saturated heterocycles. The lowest BCUT2D eigenvalue weighted by Crippen LogP contribution is -2.47. The highest BCUT2D eigenvalue weighted by molar-refractivity contribution is 7.80. The number of nitrogens with one attached hydrogen (secondary N) is 1. The molecular formula is C24H32N2O3S. The fourth-order valence-corrected chi connectivity index (χ4v) is 4.19. The van der Waals surface area contributed by atoms with Crippen molar-refractivity contribution in [3.05, 3.63) is 53.1 Å². The summed E-state index contributed by atoms with van der Waals surface area (Å²) < 4.78 is 17.3. The standard InChI is InChI=1S/C24H32N2O3S/c1-6-25-24(30)26-12-11-18-13-22(27-4)23(28-5)14-20(18)21(26)15-29-19-9-7-17(8-10-19)16(2)3/h7-10,13-14,16,21H,6,11-12,15H2,1-5H3,(H,25,30)/t21-/m1/s1. The molecule has 0 fully saturated rings. The van der Waals surface area contributed by atoms with Crippen molar-refractivity contribution in [2.45, 2.75) is 39.2 Å². The second kappa shape index (κ2) is 10.0. The Bertz CT molecular complexity index is 867. The van der Waals surface area contributed by atoms with Crippen LogP contribution >= 0.6 is 12.2 Å². The minimum absolute atomic E-state index is 0.00937. The van der Waals surface area contributed by atoms with E-state index in [2.05, 4.69) is 55.3 Å². The molecule has 1 atom stereocenters. The van der Waals surface area contributed by atoms with E-state index in [4.69, 9.17) is 26.4 Å². The van der Waals surface area contributed by atoms with E-state index in [0.717, 1.165) is 47.4 Å². The van der Waals surface area contributed by atoms with Crippen LogP contribution in [0.5, 0.6) is 17.2 Å². The highest BCUT2D eigenvalue weighted by Gasteiger charge is 2.31. The molecular weight excluding hydrogens is 396 g/mol. The van der Waals surface area contributed by atoms with Gasteiger partial charge in [-0.1, -0.05) is 26.0 Å². The van der Waals surface area contributed by atoms with Gasteiger partial charge in [0.25, 0.3) is 0 Å². The van der Waals surface area contributed by atoms with E-state index in [0.29, 0.717) is 12.5 Å². The number of ether oxygens (including phenoxy) is 3. The molecule has 162 valence electrons. The van der Waals surface area contributed by atoms with Crippen LogP contribution < -0.4 is 19.5 Å². The third-order valence-electron chi connectivity index (χ3n) is 5.55. The van der Waals surface area contributed by atoms with Crippen LogP contribution in [0, 0.1) is 0 Å². The highest BCUT2D eigenvalue weighted by atomic mass is 32.1. The van der Waals surface area contributed by atoms with Crippen LogP contribution in [0.4, 0.5) is 0 Å². The first-order valence-corrected chi connectivity index (χ1v) is 10.9. The fraction of sp³-hybridized carbons (Fsp3) is 0.458. The third-order valence-corrected chi connectivity index (χ3v) is 5.93. The Morgan fingerprint density at radius 1 is 1.13 bits per heavy atom. The monoisotopic (exact) mass is 428 g/mol. The molecule has 5 nitrogen and oxygen atoms in total. The summed E-state index contributed by atoms with van der Waals surface area (Å²) in [5.74, 6) is 2.84. The van der Waals surface area contributed by atoms with Gasteiger partial charge in [-0.2, -0.15) is 0 Å². The first kappa shape index (κ1) is 22.2. The van der Waals surface area contributed by atoms with Gasteiger partial charge in [0, 0.05) is 13.1 Å². The number of thiocarbonyl (C=S) groups is 1. The largest absolute Gasteiger partial charge is 0.493 e. The Morgan fingerprint density at radius 3 is 2.40 bits per heavy atom. The maximum Gasteiger partial charge on any atom is 0.169 e. The van der Waals surface area contributed by atoms with Gasteiger partial charge in [-0.25, -0.2) is 0 Å². The molecule has 2 aromatic carbocycles. The van der Waals surface area contributed by atoms with Gasteiger partial charge in [-0.15, -0.1) is 0 Å². The summed E-state index contributed by atoms with van der Waals surface area (Å²) in [6.07, 6.45) is 0.890. The van der Waals surface area contributed by atoms with E-state index in [1.165, 1.54) is 11.1 Å². The number of fused-ring (bicyclic) bond motifs is 1. The average molecular weight is 429 g/mol. The zero-order valence-electron chi connectivity index (χ0n) is 18.5. The van der Waals surface area contributed by atoms with Crippen molar-refractivity contribution in [3.63, 3.8) is 0 Å². The fourth-order valence-electron chi connectivity index (χ4n) is 3.83. The molecule has 0 aromatic heterocycles. The molecule has 1 N–H and O–H groups in total. The smallest absolute Gasteiger partial charge is 0.169 e. The summed E-state index contributed by atoms with van der Waals surface area (Å²) in [5.41, 5.74) is 3.71. The van der Waals surface area contributed by atoms with Gasteiger partial charge in [0.15, 0.2) is 16.6 Å². The second-order valence-corrected chi connectivity index (χ2v) is 8.12. The summed E-state index contributed by atoms with van der Waals surface area (Å²) in [6, 6.07) is 12.5. The van der Waals surface area contributed by atoms with Crippen molar-refractivity contribution >= 4 is 17.3 Å². The molecule has 3 rings (SSSR count). The van der Waals surface area contributed by atoms with Crippen molar-refractivity contribution in [3.8, 4) is 17.2 Å². The van der Waals surface area contributed by atoms with Crippen LogP contribution in [0.25, 0.3) is 0 Å². The Labute approximate surface area is 185 Å². The molecule has 1 aliphatic rings. The van der Waals surface area contributed by atoms with Gasteiger partial charge in [0.1, 0.15) is 12.4 Å². The van der Waals surface area contributed by atoms with Crippen molar-refractivity contribution in [2.75, 3.05) is 33.9 Å². The molecule has 2 aromatic rings. The van der Waals surface area contributed by atoms with E-state index in [1.807, 2.05) is 12.1 Å². The van der Waals surface area contributed by atoms with Gasteiger partial charge in [-0.3, -0.25) is 0 Å². The molecule has 1 heterocycles. The third kappa shape index (κ3) is 4.81. The quantitative estimate of drug-likeness (QED) is 0.645. The summed E-state index contributed by atoms with van der Waals surface area (Å²) in [4.78, 5) is 2.22. The topological polar surface area (TPSA) is 43.0 Å². The first-order valence-electron chi connectivity index (χ1n) is 10.5. The van der Waals surface area contributed by atoms with Crippen molar-refractivity contribution in [1.82, 2.24) is 10.2 Å². The average Bonchev–Trinajstić information content (AvgIpc) is 2.76. The maximum atomic E-state index is 6.22. The number of benzene rings is 2. The van der Waals surface area contributed by atoms with Gasteiger partial charge in [0.05, 0.1) is 20.3 Å². The highest BCUT2D eigenvalue weighted by Crippen LogP contribution is 2.38. The maximum absolute atomic E-state index is 6.22. The lowest BCUT2D eigenvalue weighted by Gasteiger charge is -2.39. The number of rotatable bonds is 7. The van der Waals surface area contributed by atoms with Crippen LogP contribution in [0.2, 0.25) is 0 Å². The summed E-state index contributed by atoms with van der Waals surface area (Å²) in [7, 11) is 3.33. The zero-order chi connectivity index (χ0) is 21.7. The minimum Gasteiger partial charge on any atom is -0.493 e. The predicted octanol–water partition coefficient (Wildman–Crippen LogP) is 4.70. The van der Waals surface area contributed by atoms with Crippen LogP contribution in [0.15, 0.2) is 36.4 Å². The lowest BCUT2D eigenvalue weighted by molar-refractivity contribution is 0.187. The van der Waals surface area contributed by atoms with Gasteiger partial charge in [-0.05, 0) is 72.4 Å². The zero-order valence-corrected chi connectivity index (χ0v) is 19.3. The van der Waals surface area contributed by atoms with Crippen LogP contribution in [0.3, 0.4) is 0 Å². The molecule has 0 radical (unpaired) electrons. The first-order chi connectivity index (χ1) is 14.5. The van der Waals surface area contributed by atoms with Crippen LogP contribution in [0.1, 0.15) is 49.4 Å². The molecule has 1 aliphatic heterocycles. The molecule has 0 amide bonds. The summed E-state index contributed by atoms with van der Waals surface area (Å²) in [6.45, 7) is 8.55. The molecule has 0 aliphatic carbocycles. The van der Waals surface area contributed by atoms with Gasteiger partial charge >= 0.3 is 0 Å². The summed E-state index contributed by atoms with van der Waals surface area (Å²) in [5, 5.41) is 4.04. The summed E-state index contributed by atoms with van der Waals surface area (Å²) >= 11 is 5.67. The number of hydrogen-bond acceptors (Lipinski definition) is 4. The molecule has 0 saturated carbocycles. The minimum atomic E-state index is -0.00937. The van der Waals surface area contributed by atoms with E-state index in [1.54, 1.807) is 14.2 Å². The molecule has 0 unspecified atom stereocenters. The van der Waals surface area contributed by atoms with Crippen molar-refractivity contribution in [1.29, 1.82) is 0 Å². The van der Waals surface area contributed by atoms with Crippen molar-refractivity contribution < 1.29 is 14.2 Å². The van der Waals surface area contributed by atoms with E-state index in [-0.39, 0.29) is 6.04 Å². The second-order valence-electron chi connectivity index (χ2n) is 7.74. The molecule has 0 bridgehead atoms. The Balaban J connectivity index is 1.89. The Hall–Kier alpha value is -2.47. The Kier molecular flexibility index (Phi) is 7.43. The predicted molar refractivity (Wildman–Crippen MR) is 125 cm³/mol. The lowest BCUT2D eigenvalue weighted by atomic mass is 9.92. The number of hydrogen-bond donors (Lipinski definition) is 1. The molecule has 30 heavy (non-hydrogen) atoms. The number of nitrogens with zero attached hydrogens (tertiary/aromatic N) is 1. The van der Waals surface area contributed by atoms with Crippen LogP contribution in [-0.2, 0) is 6.42 Å². The van der Waals surface area contributed by atoms with Gasteiger partial charge < -0.3 is 24.4 Å². The Morgan fingerprint density at radius 2 is 1.80 bits per heavy atom. The molecule has 6 heteroatoms. The number of methoxy groups -OCH3 is 2. The van der Waals surface area contributed by atoms with E-state index in [9.17, 15) is 0 Å². The normalized spacial score (nSPS) is 15.5. The van der Waals surface area contributed by atoms with Crippen LogP contribution in [-0.4, -0.2) is 43.9 Å². The SMILES string of the molecule is CCNC(=S)N1CCc2cc(OC)c(OC)cc2[C@H]1COc1ccc(C(C)C)cc1. The van der Waals surface area contributed by atoms with Gasteiger partial charge in [0.2, 0.25) is 0 Å².